The molecule has 0 amide bonds. The Morgan fingerprint density at radius 1 is 1.19 bits per heavy atom. The van der Waals surface area contributed by atoms with Crippen molar-refractivity contribution in [3.05, 3.63) is 40.6 Å². The summed E-state index contributed by atoms with van der Waals surface area (Å²) in [6.07, 6.45) is 5.33. The maximum Gasteiger partial charge on any atom is 0.419 e. The molecule has 0 N–H and O–H groups in total. The third kappa shape index (κ3) is 3.82. The minimum Gasteiger partial charge on any atom is -0.408 e. The van der Waals surface area contributed by atoms with Gasteiger partial charge in [0.15, 0.2) is 10.7 Å². The molecule has 3 heterocycles. The summed E-state index contributed by atoms with van der Waals surface area (Å²) < 4.78 is 9.16. The molecule has 0 atom stereocenters. The van der Waals surface area contributed by atoms with Crippen LogP contribution in [0.4, 0.5) is 0 Å². The number of thioether (sulfide) groups is 1. The fraction of sp³-hybridized carbons (Fsp3) is 0.526. The Morgan fingerprint density at radius 3 is 2.70 bits per heavy atom. The second-order valence-electron chi connectivity index (χ2n) is 7.14. The molecule has 0 aliphatic carbocycles. The average Bonchev–Trinajstić information content (AvgIpc) is 3.20. The zero-order valence-corrected chi connectivity index (χ0v) is 16.6. The smallest absolute Gasteiger partial charge is 0.408 e. The molecule has 1 saturated heterocycles. The number of hydrogen-bond donors (Lipinski definition) is 0. The van der Waals surface area contributed by atoms with Crippen LogP contribution in [0.25, 0.3) is 11.1 Å². The highest BCUT2D eigenvalue weighted by atomic mass is 32.2. The Kier molecular flexibility index (Phi) is 5.36. The van der Waals surface area contributed by atoms with Crippen molar-refractivity contribution in [3.8, 4) is 0 Å². The number of likely N-dealkylation sites (tertiary alicyclic amines) is 1. The monoisotopic (exact) mass is 387 g/mol. The minimum atomic E-state index is -0.266. The molecule has 3 aromatic rings. The summed E-state index contributed by atoms with van der Waals surface area (Å²) in [4.78, 5) is 14.5. The number of aromatic nitrogens is 4. The number of oxazole rings is 1. The maximum absolute atomic E-state index is 12.1. The van der Waals surface area contributed by atoms with E-state index in [9.17, 15) is 4.79 Å². The number of para-hydroxylation sites is 2. The van der Waals surface area contributed by atoms with Crippen molar-refractivity contribution in [2.75, 3.05) is 25.9 Å². The Balaban J connectivity index is 1.31. The summed E-state index contributed by atoms with van der Waals surface area (Å²) in [5.41, 5.74) is 1.54. The summed E-state index contributed by atoms with van der Waals surface area (Å²) in [5.74, 6) is 1.46. The molecular weight excluding hydrogens is 362 g/mol. The number of fused-ring (bicyclic) bond motifs is 1. The van der Waals surface area contributed by atoms with Crippen molar-refractivity contribution in [2.45, 2.75) is 31.0 Å². The molecule has 0 bridgehead atoms. The molecule has 1 aromatic carbocycles. The first kappa shape index (κ1) is 18.3. The van der Waals surface area contributed by atoms with Gasteiger partial charge in [-0.1, -0.05) is 23.9 Å². The van der Waals surface area contributed by atoms with Gasteiger partial charge in [0.25, 0.3) is 0 Å². The third-order valence-corrected chi connectivity index (χ3v) is 6.22. The summed E-state index contributed by atoms with van der Waals surface area (Å²) in [7, 11) is 2.04. The highest BCUT2D eigenvalue weighted by Crippen LogP contribution is 2.22. The van der Waals surface area contributed by atoms with Gasteiger partial charge in [0, 0.05) is 26.6 Å². The van der Waals surface area contributed by atoms with Crippen LogP contribution in [0.3, 0.4) is 0 Å². The van der Waals surface area contributed by atoms with E-state index >= 15 is 0 Å². The number of hydrogen-bond acceptors (Lipinski definition) is 6. The van der Waals surface area contributed by atoms with Crippen LogP contribution in [-0.2, 0) is 20.0 Å². The normalized spacial score (nSPS) is 16.4. The summed E-state index contributed by atoms with van der Waals surface area (Å²) in [5, 5.41) is 9.54. The Morgan fingerprint density at radius 2 is 1.96 bits per heavy atom. The molecule has 27 heavy (non-hydrogen) atoms. The molecule has 7 nitrogen and oxygen atoms in total. The van der Waals surface area contributed by atoms with Gasteiger partial charge in [-0.3, -0.25) is 4.57 Å². The van der Waals surface area contributed by atoms with Gasteiger partial charge >= 0.3 is 5.76 Å². The quantitative estimate of drug-likeness (QED) is 0.605. The maximum atomic E-state index is 12.1. The van der Waals surface area contributed by atoms with Crippen LogP contribution in [-0.4, -0.2) is 50.1 Å². The Bertz CT molecular complexity index is 968. The topological polar surface area (TPSA) is 69.1 Å². The summed E-state index contributed by atoms with van der Waals surface area (Å²) in [6, 6.07) is 7.61. The fourth-order valence-electron chi connectivity index (χ4n) is 3.84. The van der Waals surface area contributed by atoms with Crippen LogP contribution in [0.2, 0.25) is 0 Å². The lowest BCUT2D eigenvalue weighted by Gasteiger charge is -2.31. The first-order chi connectivity index (χ1) is 13.2. The lowest BCUT2D eigenvalue weighted by molar-refractivity contribution is 0.176. The van der Waals surface area contributed by atoms with Crippen molar-refractivity contribution < 1.29 is 4.42 Å². The van der Waals surface area contributed by atoms with E-state index < -0.39 is 0 Å². The highest BCUT2D eigenvalue weighted by Gasteiger charge is 2.22. The van der Waals surface area contributed by atoms with Crippen LogP contribution in [0.1, 0.15) is 18.7 Å². The first-order valence-corrected chi connectivity index (χ1v) is 10.6. The minimum absolute atomic E-state index is 0.266. The van der Waals surface area contributed by atoms with Gasteiger partial charge < -0.3 is 13.9 Å². The molecule has 0 unspecified atom stereocenters. The van der Waals surface area contributed by atoms with Gasteiger partial charge in [0.05, 0.1) is 5.52 Å². The van der Waals surface area contributed by atoms with Crippen LogP contribution in [0, 0.1) is 5.92 Å². The van der Waals surface area contributed by atoms with Gasteiger partial charge in [-0.2, -0.15) is 0 Å². The largest absolute Gasteiger partial charge is 0.419 e. The zero-order chi connectivity index (χ0) is 18.8. The van der Waals surface area contributed by atoms with E-state index in [4.69, 9.17) is 4.42 Å². The predicted molar refractivity (Wildman–Crippen MR) is 106 cm³/mol. The molecule has 1 aliphatic heterocycles. The van der Waals surface area contributed by atoms with Crippen molar-refractivity contribution in [1.82, 2.24) is 24.2 Å². The molecule has 8 heteroatoms. The first-order valence-electron chi connectivity index (χ1n) is 9.38. The Labute approximate surface area is 162 Å². The molecule has 144 valence electrons. The van der Waals surface area contributed by atoms with Crippen LogP contribution >= 0.6 is 11.8 Å². The van der Waals surface area contributed by atoms with Gasteiger partial charge in [-0.05, 0) is 50.2 Å². The lowest BCUT2D eigenvalue weighted by atomic mass is 9.93. The second kappa shape index (κ2) is 7.90. The van der Waals surface area contributed by atoms with E-state index in [0.29, 0.717) is 18.0 Å². The fourth-order valence-corrected chi connectivity index (χ4v) is 4.34. The standard InChI is InChI=1S/C19H25N5O2S/c1-22-17(20-21-18(22)27-2)13-14-7-9-23(10-8-14)11-12-24-15-5-3-4-6-16(15)26-19(24)25/h3-6,14H,7-13H2,1-2H3. The number of nitrogens with zero attached hydrogens (tertiary/aromatic N) is 5. The van der Waals surface area contributed by atoms with Crippen LogP contribution in [0.5, 0.6) is 0 Å². The van der Waals surface area contributed by atoms with Crippen molar-refractivity contribution >= 4 is 22.9 Å². The Hall–Kier alpha value is -2.06. The number of piperidine rings is 1. The molecule has 1 aliphatic rings. The van der Waals surface area contributed by atoms with E-state index in [0.717, 1.165) is 55.4 Å². The lowest BCUT2D eigenvalue weighted by Crippen LogP contribution is -2.37. The summed E-state index contributed by atoms with van der Waals surface area (Å²) in [6.45, 7) is 3.66. The molecule has 0 saturated carbocycles. The van der Waals surface area contributed by atoms with E-state index in [-0.39, 0.29) is 5.76 Å². The summed E-state index contributed by atoms with van der Waals surface area (Å²) >= 11 is 1.63. The molecule has 2 aromatic heterocycles. The van der Waals surface area contributed by atoms with E-state index in [1.807, 2.05) is 37.6 Å². The van der Waals surface area contributed by atoms with Crippen molar-refractivity contribution in [2.24, 2.45) is 13.0 Å². The zero-order valence-electron chi connectivity index (χ0n) is 15.8. The van der Waals surface area contributed by atoms with E-state index in [2.05, 4.69) is 19.7 Å². The van der Waals surface area contributed by atoms with Crippen molar-refractivity contribution in [1.29, 1.82) is 0 Å². The highest BCUT2D eigenvalue weighted by molar-refractivity contribution is 7.98. The van der Waals surface area contributed by atoms with Gasteiger partial charge in [-0.15, -0.1) is 10.2 Å². The van der Waals surface area contributed by atoms with Gasteiger partial charge in [0.1, 0.15) is 5.82 Å². The van der Waals surface area contributed by atoms with Crippen molar-refractivity contribution in [3.63, 3.8) is 0 Å². The second-order valence-corrected chi connectivity index (χ2v) is 7.91. The molecule has 4 rings (SSSR count). The van der Waals surface area contributed by atoms with Gasteiger partial charge in [-0.25, -0.2) is 4.79 Å². The molecule has 1 fully saturated rings. The van der Waals surface area contributed by atoms with E-state index in [1.54, 1.807) is 16.3 Å². The SMILES string of the molecule is CSc1nnc(CC2CCN(CCn3c(=O)oc4ccccc43)CC2)n1C. The molecular formula is C19H25N5O2S. The van der Waals surface area contributed by atoms with Crippen LogP contribution < -0.4 is 5.76 Å². The van der Waals surface area contributed by atoms with E-state index in [1.165, 1.54) is 0 Å². The number of benzene rings is 1. The molecule has 0 radical (unpaired) electrons. The number of rotatable bonds is 6. The van der Waals surface area contributed by atoms with Crippen LogP contribution in [0.15, 0.2) is 38.6 Å². The predicted octanol–water partition coefficient (Wildman–Crippen LogP) is 2.40. The average molecular weight is 388 g/mol. The van der Waals surface area contributed by atoms with Gasteiger partial charge in [0.2, 0.25) is 0 Å². The third-order valence-electron chi connectivity index (χ3n) is 5.50. The molecule has 0 spiro atoms.